The van der Waals surface area contributed by atoms with Gasteiger partial charge in [-0.1, -0.05) is 18.2 Å². The minimum Gasteiger partial charge on any atom is -0.478 e. The van der Waals surface area contributed by atoms with Crippen molar-refractivity contribution in [2.24, 2.45) is 0 Å². The average molecular weight is 305 g/mol. The Morgan fingerprint density at radius 1 is 1.05 bits per heavy atom. The van der Waals surface area contributed by atoms with Crippen LogP contribution in [0.5, 0.6) is 0 Å². The molecule has 0 unspecified atom stereocenters. The third kappa shape index (κ3) is 3.41. The van der Waals surface area contributed by atoms with Crippen molar-refractivity contribution in [3.05, 3.63) is 59.7 Å². The Morgan fingerprint density at radius 3 is 2.19 bits per heavy atom. The van der Waals surface area contributed by atoms with E-state index < -0.39 is 16.0 Å². The number of carbonyl (C=O) groups is 1. The van der Waals surface area contributed by atoms with Crippen molar-refractivity contribution < 1.29 is 18.3 Å². The van der Waals surface area contributed by atoms with Crippen LogP contribution < -0.4 is 4.31 Å². The molecule has 21 heavy (non-hydrogen) atoms. The Balaban J connectivity index is 2.66. The predicted molar refractivity (Wildman–Crippen MR) is 81.6 cm³/mol. The van der Waals surface area contributed by atoms with Crippen LogP contribution in [0.15, 0.2) is 48.5 Å². The van der Waals surface area contributed by atoms with Gasteiger partial charge in [-0.25, -0.2) is 17.5 Å². The number of sulfonamides is 1. The third-order valence-electron chi connectivity index (χ3n) is 2.87. The van der Waals surface area contributed by atoms with Crippen molar-refractivity contribution in [2.45, 2.75) is 6.92 Å². The van der Waals surface area contributed by atoms with Crippen LogP contribution in [0.25, 0.3) is 0 Å². The van der Waals surface area contributed by atoms with Crippen LogP contribution >= 0.6 is 0 Å². The van der Waals surface area contributed by atoms with Gasteiger partial charge in [0.15, 0.2) is 0 Å². The number of benzene rings is 2. The van der Waals surface area contributed by atoms with Crippen molar-refractivity contribution in [1.82, 2.24) is 0 Å². The zero-order chi connectivity index (χ0) is 15.6. The first kappa shape index (κ1) is 15.1. The summed E-state index contributed by atoms with van der Waals surface area (Å²) in [7, 11) is -3.59. The minimum atomic E-state index is -3.59. The zero-order valence-electron chi connectivity index (χ0n) is 11.6. The number of aromatic carboxylic acids is 1. The normalized spacial score (nSPS) is 11.1. The Labute approximate surface area is 123 Å². The fourth-order valence-corrected chi connectivity index (χ4v) is 3.09. The fraction of sp³-hybridized carbons (Fsp3) is 0.133. The summed E-state index contributed by atoms with van der Waals surface area (Å²) < 4.78 is 25.3. The maximum atomic E-state index is 12.1. The number of anilines is 2. The van der Waals surface area contributed by atoms with Crippen molar-refractivity contribution >= 4 is 27.4 Å². The lowest BCUT2D eigenvalue weighted by Crippen LogP contribution is -2.25. The summed E-state index contributed by atoms with van der Waals surface area (Å²) in [6.07, 6.45) is 1.09. The SMILES string of the molecule is Cc1cc(C(=O)O)cc(N(c2ccccc2)S(C)(=O)=O)c1. The van der Waals surface area contributed by atoms with Gasteiger partial charge in [-0.2, -0.15) is 0 Å². The fourth-order valence-electron chi connectivity index (χ4n) is 2.10. The lowest BCUT2D eigenvalue weighted by molar-refractivity contribution is 0.0697. The molecule has 0 aliphatic rings. The molecule has 5 nitrogen and oxygen atoms in total. The van der Waals surface area contributed by atoms with Gasteiger partial charge in [0.2, 0.25) is 10.0 Å². The van der Waals surface area contributed by atoms with E-state index in [0.29, 0.717) is 16.9 Å². The molecule has 0 atom stereocenters. The van der Waals surface area contributed by atoms with Gasteiger partial charge >= 0.3 is 5.97 Å². The van der Waals surface area contributed by atoms with Crippen molar-refractivity contribution in [2.75, 3.05) is 10.6 Å². The average Bonchev–Trinajstić information content (AvgIpc) is 2.37. The highest BCUT2D eigenvalue weighted by molar-refractivity contribution is 7.92. The molecule has 2 aromatic rings. The number of carboxylic acids is 1. The van der Waals surface area contributed by atoms with E-state index in [1.54, 1.807) is 43.3 Å². The Kier molecular flexibility index (Phi) is 3.99. The van der Waals surface area contributed by atoms with Gasteiger partial charge in [0.1, 0.15) is 0 Å². The third-order valence-corrected chi connectivity index (χ3v) is 3.95. The van der Waals surface area contributed by atoms with Crippen molar-refractivity contribution in [1.29, 1.82) is 0 Å². The second-order valence-corrected chi connectivity index (χ2v) is 6.56. The van der Waals surface area contributed by atoms with Crippen molar-refractivity contribution in [3.63, 3.8) is 0 Å². The number of hydrogen-bond donors (Lipinski definition) is 1. The maximum absolute atomic E-state index is 12.1. The first-order valence-corrected chi connectivity index (χ1v) is 8.04. The number of rotatable bonds is 4. The molecule has 0 radical (unpaired) electrons. The highest BCUT2D eigenvalue weighted by atomic mass is 32.2. The van der Waals surface area contributed by atoms with Crippen LogP contribution in [0, 0.1) is 6.92 Å². The van der Waals surface area contributed by atoms with Crippen LogP contribution in [-0.2, 0) is 10.0 Å². The van der Waals surface area contributed by atoms with E-state index in [9.17, 15) is 13.2 Å². The summed E-state index contributed by atoms with van der Waals surface area (Å²) in [6, 6.07) is 13.0. The molecule has 0 saturated heterocycles. The van der Waals surface area contributed by atoms with Gasteiger partial charge in [-0.15, -0.1) is 0 Å². The molecule has 0 bridgehead atoms. The molecule has 0 fully saturated rings. The van der Waals surface area contributed by atoms with E-state index in [1.165, 1.54) is 12.1 Å². The molecule has 2 aromatic carbocycles. The monoisotopic (exact) mass is 305 g/mol. The summed E-state index contributed by atoms with van der Waals surface area (Å²) in [6.45, 7) is 1.72. The highest BCUT2D eigenvalue weighted by Crippen LogP contribution is 2.29. The van der Waals surface area contributed by atoms with Gasteiger partial charge in [0.05, 0.1) is 23.2 Å². The standard InChI is InChI=1S/C15H15NO4S/c1-11-8-12(15(17)18)10-14(9-11)16(21(2,19)20)13-6-4-3-5-7-13/h3-10H,1-2H3,(H,17,18). The van der Waals surface area contributed by atoms with Crippen LogP contribution in [0.3, 0.4) is 0 Å². The van der Waals surface area contributed by atoms with E-state index in [0.717, 1.165) is 10.6 Å². The quantitative estimate of drug-likeness (QED) is 0.942. The number of hydrogen-bond acceptors (Lipinski definition) is 3. The molecule has 0 aliphatic heterocycles. The molecule has 0 spiro atoms. The Morgan fingerprint density at radius 2 is 1.67 bits per heavy atom. The molecule has 0 amide bonds. The molecule has 0 aliphatic carbocycles. The summed E-state index contributed by atoms with van der Waals surface area (Å²) in [5, 5.41) is 9.12. The molecule has 0 aromatic heterocycles. The van der Waals surface area contributed by atoms with Gasteiger partial charge in [-0.05, 0) is 42.8 Å². The van der Waals surface area contributed by atoms with E-state index in [-0.39, 0.29) is 5.56 Å². The lowest BCUT2D eigenvalue weighted by atomic mass is 10.1. The van der Waals surface area contributed by atoms with Gasteiger partial charge < -0.3 is 5.11 Å². The van der Waals surface area contributed by atoms with E-state index >= 15 is 0 Å². The number of para-hydroxylation sites is 1. The second-order valence-electron chi connectivity index (χ2n) is 4.73. The molecular formula is C15H15NO4S. The van der Waals surface area contributed by atoms with Crippen molar-refractivity contribution in [3.8, 4) is 0 Å². The van der Waals surface area contributed by atoms with Gasteiger partial charge in [-0.3, -0.25) is 0 Å². The van der Waals surface area contributed by atoms with Gasteiger partial charge in [0.25, 0.3) is 0 Å². The largest absolute Gasteiger partial charge is 0.478 e. The molecule has 110 valence electrons. The van der Waals surface area contributed by atoms with E-state index in [1.807, 2.05) is 0 Å². The molecule has 0 saturated carbocycles. The number of carboxylic acid groups (broad SMARTS) is 1. The predicted octanol–water partition coefficient (Wildman–Crippen LogP) is 2.79. The van der Waals surface area contributed by atoms with Crippen LogP contribution in [0.2, 0.25) is 0 Å². The summed E-state index contributed by atoms with van der Waals surface area (Å²) in [5.74, 6) is -1.10. The molecule has 0 heterocycles. The van der Waals surface area contributed by atoms with Crippen LogP contribution in [0.4, 0.5) is 11.4 Å². The van der Waals surface area contributed by atoms with Gasteiger partial charge in [0, 0.05) is 0 Å². The molecule has 1 N–H and O–H groups in total. The van der Waals surface area contributed by atoms with Crippen LogP contribution in [0.1, 0.15) is 15.9 Å². The minimum absolute atomic E-state index is 0.0505. The van der Waals surface area contributed by atoms with Crippen LogP contribution in [-0.4, -0.2) is 25.7 Å². The number of aryl methyl sites for hydroxylation is 1. The second kappa shape index (κ2) is 5.57. The highest BCUT2D eigenvalue weighted by Gasteiger charge is 2.21. The molecule has 2 rings (SSSR count). The number of nitrogens with zero attached hydrogens (tertiary/aromatic N) is 1. The molecular weight excluding hydrogens is 290 g/mol. The summed E-state index contributed by atoms with van der Waals surface area (Å²) in [5.41, 5.74) is 1.49. The summed E-state index contributed by atoms with van der Waals surface area (Å²) in [4.78, 5) is 11.1. The smallest absolute Gasteiger partial charge is 0.335 e. The first-order chi connectivity index (χ1) is 9.79. The van der Waals surface area contributed by atoms with E-state index in [2.05, 4.69) is 0 Å². The zero-order valence-corrected chi connectivity index (χ0v) is 12.5. The Hall–Kier alpha value is -2.34. The lowest BCUT2D eigenvalue weighted by Gasteiger charge is -2.23. The van der Waals surface area contributed by atoms with E-state index in [4.69, 9.17) is 5.11 Å². The maximum Gasteiger partial charge on any atom is 0.335 e. The summed E-state index contributed by atoms with van der Waals surface area (Å²) >= 11 is 0. The Bertz CT molecular complexity index is 770. The first-order valence-electron chi connectivity index (χ1n) is 6.19. The molecule has 6 heteroatoms. The topological polar surface area (TPSA) is 74.7 Å².